The first-order valence-electron chi connectivity index (χ1n) is 4.17. The molecule has 0 aromatic carbocycles. The molecule has 0 unspecified atom stereocenters. The molecule has 0 aromatic heterocycles. The maximum absolute atomic E-state index is 10.8. The summed E-state index contributed by atoms with van der Waals surface area (Å²) < 4.78 is 0. The first-order valence-corrected chi connectivity index (χ1v) is 4.17. The van der Waals surface area contributed by atoms with E-state index in [0.717, 1.165) is 19.5 Å². The molecule has 0 atom stereocenters. The molecule has 68 valence electrons. The van der Waals surface area contributed by atoms with Gasteiger partial charge in [0.05, 0.1) is 0 Å². The molecule has 2 amide bonds. The van der Waals surface area contributed by atoms with Crippen molar-refractivity contribution in [2.24, 2.45) is 0 Å². The number of hydrogen-bond acceptors (Lipinski definition) is 2. The number of rotatable bonds is 2. The summed E-state index contributed by atoms with van der Waals surface area (Å²) in [6, 6.07) is -0.116. The Morgan fingerprint density at radius 1 is 1.75 bits per heavy atom. The van der Waals surface area contributed by atoms with E-state index in [1.807, 2.05) is 0 Å². The van der Waals surface area contributed by atoms with Crippen molar-refractivity contribution in [3.63, 3.8) is 0 Å². The standard InChI is InChI=1S/C8H15N3O/c1-9-8(12)11-6-7-2-4-10-5-3-7/h2,10H,3-6H2,1H3,(H2,9,11,12). The SMILES string of the molecule is CNC(=O)NCC1=CCNCC1. The molecule has 3 N–H and O–H groups in total. The van der Waals surface area contributed by atoms with Crippen LogP contribution in [0.15, 0.2) is 11.6 Å². The van der Waals surface area contributed by atoms with Crippen LogP contribution in [0.5, 0.6) is 0 Å². The molecule has 0 saturated heterocycles. The van der Waals surface area contributed by atoms with Gasteiger partial charge in [-0.2, -0.15) is 0 Å². The molecule has 4 nitrogen and oxygen atoms in total. The van der Waals surface area contributed by atoms with Gasteiger partial charge in [-0.05, 0) is 13.0 Å². The molecular weight excluding hydrogens is 154 g/mol. The third-order valence-corrected chi connectivity index (χ3v) is 1.86. The molecule has 0 radical (unpaired) electrons. The van der Waals surface area contributed by atoms with Crippen LogP contribution in [0.4, 0.5) is 4.79 Å². The maximum Gasteiger partial charge on any atom is 0.314 e. The quantitative estimate of drug-likeness (QED) is 0.503. The van der Waals surface area contributed by atoms with Crippen LogP contribution in [0.2, 0.25) is 0 Å². The van der Waals surface area contributed by atoms with Gasteiger partial charge in [-0.25, -0.2) is 4.79 Å². The highest BCUT2D eigenvalue weighted by Crippen LogP contribution is 2.01. The van der Waals surface area contributed by atoms with Crippen molar-refractivity contribution in [1.29, 1.82) is 0 Å². The summed E-state index contributed by atoms with van der Waals surface area (Å²) in [4.78, 5) is 10.8. The molecule has 12 heavy (non-hydrogen) atoms. The highest BCUT2D eigenvalue weighted by Gasteiger charge is 2.03. The van der Waals surface area contributed by atoms with E-state index in [-0.39, 0.29) is 6.03 Å². The molecule has 1 aliphatic rings. The number of nitrogens with one attached hydrogen (secondary N) is 3. The third kappa shape index (κ3) is 2.92. The lowest BCUT2D eigenvalue weighted by Crippen LogP contribution is -2.35. The molecule has 1 heterocycles. The Hall–Kier alpha value is -1.03. The van der Waals surface area contributed by atoms with Gasteiger partial charge in [-0.1, -0.05) is 11.6 Å². The molecule has 0 saturated carbocycles. The Bertz CT molecular complexity index is 189. The zero-order valence-electron chi connectivity index (χ0n) is 7.31. The fourth-order valence-corrected chi connectivity index (χ4v) is 1.11. The molecule has 4 heteroatoms. The number of urea groups is 1. The summed E-state index contributed by atoms with van der Waals surface area (Å²) in [5, 5.41) is 8.48. The summed E-state index contributed by atoms with van der Waals surface area (Å²) in [6.07, 6.45) is 3.16. The Labute approximate surface area is 72.4 Å². The fraction of sp³-hybridized carbons (Fsp3) is 0.625. The molecule has 0 bridgehead atoms. The van der Waals surface area contributed by atoms with Gasteiger partial charge >= 0.3 is 6.03 Å². The summed E-state index contributed by atoms with van der Waals surface area (Å²) in [7, 11) is 1.62. The monoisotopic (exact) mass is 169 g/mol. The van der Waals surface area contributed by atoms with Crippen LogP contribution in [-0.4, -0.2) is 32.7 Å². The lowest BCUT2D eigenvalue weighted by atomic mass is 10.1. The second-order valence-corrected chi connectivity index (χ2v) is 2.75. The van der Waals surface area contributed by atoms with Crippen LogP contribution in [0.1, 0.15) is 6.42 Å². The van der Waals surface area contributed by atoms with Crippen LogP contribution in [-0.2, 0) is 0 Å². The van der Waals surface area contributed by atoms with Crippen molar-refractivity contribution < 1.29 is 4.79 Å². The maximum atomic E-state index is 10.8. The number of amides is 2. The van der Waals surface area contributed by atoms with E-state index < -0.39 is 0 Å². The van der Waals surface area contributed by atoms with Crippen molar-refractivity contribution in [3.8, 4) is 0 Å². The van der Waals surface area contributed by atoms with Crippen molar-refractivity contribution in [2.75, 3.05) is 26.7 Å². The lowest BCUT2D eigenvalue weighted by Gasteiger charge is -2.14. The van der Waals surface area contributed by atoms with E-state index in [2.05, 4.69) is 22.0 Å². The Balaban J connectivity index is 2.21. The van der Waals surface area contributed by atoms with Crippen molar-refractivity contribution in [2.45, 2.75) is 6.42 Å². The largest absolute Gasteiger partial charge is 0.341 e. The fourth-order valence-electron chi connectivity index (χ4n) is 1.11. The predicted molar refractivity (Wildman–Crippen MR) is 48.0 cm³/mol. The van der Waals surface area contributed by atoms with E-state index in [9.17, 15) is 4.79 Å². The van der Waals surface area contributed by atoms with Crippen molar-refractivity contribution in [1.82, 2.24) is 16.0 Å². The minimum atomic E-state index is -0.116. The van der Waals surface area contributed by atoms with Crippen LogP contribution in [0.25, 0.3) is 0 Å². The number of carbonyl (C=O) groups is 1. The average molecular weight is 169 g/mol. The van der Waals surface area contributed by atoms with Crippen molar-refractivity contribution in [3.05, 3.63) is 11.6 Å². The minimum absolute atomic E-state index is 0.116. The van der Waals surface area contributed by atoms with Gasteiger partial charge < -0.3 is 16.0 Å². The molecule has 1 rings (SSSR count). The second-order valence-electron chi connectivity index (χ2n) is 2.75. The zero-order valence-corrected chi connectivity index (χ0v) is 7.31. The Morgan fingerprint density at radius 2 is 2.58 bits per heavy atom. The zero-order chi connectivity index (χ0) is 8.81. The van der Waals surface area contributed by atoms with Gasteiger partial charge in [0.15, 0.2) is 0 Å². The second kappa shape index (κ2) is 4.77. The van der Waals surface area contributed by atoms with Crippen molar-refractivity contribution >= 4 is 6.03 Å². The van der Waals surface area contributed by atoms with Crippen LogP contribution >= 0.6 is 0 Å². The van der Waals surface area contributed by atoms with Gasteiger partial charge in [0.25, 0.3) is 0 Å². The van der Waals surface area contributed by atoms with Crippen LogP contribution in [0.3, 0.4) is 0 Å². The van der Waals surface area contributed by atoms with Gasteiger partial charge in [0.1, 0.15) is 0 Å². The highest BCUT2D eigenvalue weighted by atomic mass is 16.2. The van der Waals surface area contributed by atoms with E-state index in [4.69, 9.17) is 0 Å². The first-order chi connectivity index (χ1) is 5.83. The van der Waals surface area contributed by atoms with Gasteiger partial charge in [0.2, 0.25) is 0 Å². The summed E-state index contributed by atoms with van der Waals surface area (Å²) in [5.74, 6) is 0. The van der Waals surface area contributed by atoms with Gasteiger partial charge in [0, 0.05) is 20.1 Å². The highest BCUT2D eigenvalue weighted by molar-refractivity contribution is 5.73. The van der Waals surface area contributed by atoms with Crippen LogP contribution < -0.4 is 16.0 Å². The molecule has 1 aliphatic heterocycles. The number of hydrogen-bond donors (Lipinski definition) is 3. The lowest BCUT2D eigenvalue weighted by molar-refractivity contribution is 0.243. The molecule has 0 spiro atoms. The number of carbonyl (C=O) groups excluding carboxylic acids is 1. The normalized spacial score (nSPS) is 16.6. The summed E-state index contributed by atoms with van der Waals surface area (Å²) in [5.41, 5.74) is 1.30. The molecule has 0 aliphatic carbocycles. The first kappa shape index (κ1) is 9.06. The van der Waals surface area contributed by atoms with E-state index in [1.165, 1.54) is 5.57 Å². The molecule has 0 fully saturated rings. The Morgan fingerprint density at radius 3 is 3.17 bits per heavy atom. The van der Waals surface area contributed by atoms with Crippen LogP contribution in [0, 0.1) is 0 Å². The van der Waals surface area contributed by atoms with Gasteiger partial charge in [-0.3, -0.25) is 0 Å². The van der Waals surface area contributed by atoms with E-state index >= 15 is 0 Å². The predicted octanol–water partition coefficient (Wildman–Crippen LogP) is -0.165. The Kier molecular flexibility index (Phi) is 3.60. The smallest absolute Gasteiger partial charge is 0.314 e. The topological polar surface area (TPSA) is 53.2 Å². The minimum Gasteiger partial charge on any atom is -0.341 e. The molecule has 0 aromatic rings. The average Bonchev–Trinajstić information content (AvgIpc) is 2.16. The van der Waals surface area contributed by atoms with Gasteiger partial charge in [-0.15, -0.1) is 0 Å². The summed E-state index contributed by atoms with van der Waals surface area (Å²) >= 11 is 0. The summed E-state index contributed by atoms with van der Waals surface area (Å²) in [6.45, 7) is 2.60. The van der Waals surface area contributed by atoms with E-state index in [1.54, 1.807) is 7.05 Å². The third-order valence-electron chi connectivity index (χ3n) is 1.86. The van der Waals surface area contributed by atoms with E-state index in [0.29, 0.717) is 6.54 Å². The molecular formula is C8H15N3O.